The van der Waals surface area contributed by atoms with Crippen molar-refractivity contribution in [3.63, 3.8) is 0 Å². The smallest absolute Gasteiger partial charge is 0.144 e. The predicted octanol–water partition coefficient (Wildman–Crippen LogP) is 0.994. The highest BCUT2D eigenvalue weighted by Gasteiger charge is 2.23. The van der Waals surface area contributed by atoms with Crippen LogP contribution in [0.3, 0.4) is 0 Å². The van der Waals surface area contributed by atoms with Gasteiger partial charge in [-0.25, -0.2) is 0 Å². The molecule has 0 aromatic carbocycles. The minimum atomic E-state index is -0.591. The van der Waals surface area contributed by atoms with E-state index in [0.717, 1.165) is 50.4 Å². The molecule has 1 heterocycles. The number of nitrogens with two attached hydrogens (primary N) is 1. The molecule has 3 N–H and O–H groups in total. The number of oxime groups is 1. The van der Waals surface area contributed by atoms with Crippen molar-refractivity contribution >= 4 is 16.6 Å². The molecule has 0 aromatic heterocycles. The van der Waals surface area contributed by atoms with Crippen molar-refractivity contribution in [3.8, 4) is 0 Å². The summed E-state index contributed by atoms with van der Waals surface area (Å²) in [7, 11) is -0.591. The first-order valence-electron chi connectivity index (χ1n) is 6.51. The third kappa shape index (κ3) is 4.94. The molecule has 0 aliphatic carbocycles. The Morgan fingerprint density at radius 3 is 2.56 bits per heavy atom. The Morgan fingerprint density at radius 1 is 1.39 bits per heavy atom. The molecule has 0 saturated carbocycles. The van der Waals surface area contributed by atoms with Crippen LogP contribution in [-0.4, -0.2) is 51.3 Å². The Labute approximate surface area is 112 Å². The second-order valence-corrected chi connectivity index (χ2v) is 7.21. The van der Waals surface area contributed by atoms with Gasteiger partial charge in [0.05, 0.1) is 0 Å². The topological polar surface area (TPSA) is 78.9 Å². The third-order valence-electron chi connectivity index (χ3n) is 3.60. The molecule has 18 heavy (non-hydrogen) atoms. The number of hydrogen-bond donors (Lipinski definition) is 2. The summed E-state index contributed by atoms with van der Waals surface area (Å²) in [4.78, 5) is 2.37. The van der Waals surface area contributed by atoms with Crippen LogP contribution in [0.5, 0.6) is 0 Å². The fourth-order valence-corrected chi connectivity index (χ4v) is 3.19. The molecule has 1 rings (SSSR count). The molecule has 0 bridgehead atoms. The average molecular weight is 275 g/mol. The predicted molar refractivity (Wildman–Crippen MR) is 75.4 cm³/mol. The zero-order chi connectivity index (χ0) is 13.6. The Kier molecular flexibility index (Phi) is 6.08. The van der Waals surface area contributed by atoms with Crippen LogP contribution in [0, 0.1) is 5.41 Å². The molecule has 0 radical (unpaired) electrons. The summed E-state index contributed by atoms with van der Waals surface area (Å²) in [5.41, 5.74) is 5.41. The van der Waals surface area contributed by atoms with E-state index in [-0.39, 0.29) is 5.41 Å². The van der Waals surface area contributed by atoms with E-state index in [1.165, 1.54) is 0 Å². The van der Waals surface area contributed by atoms with Gasteiger partial charge in [-0.1, -0.05) is 25.4 Å². The van der Waals surface area contributed by atoms with Crippen LogP contribution in [0.25, 0.3) is 0 Å². The van der Waals surface area contributed by atoms with E-state index in [1.807, 2.05) is 13.8 Å². The Hall–Kier alpha value is -0.620. The lowest BCUT2D eigenvalue weighted by Crippen LogP contribution is -2.38. The first kappa shape index (κ1) is 15.4. The van der Waals surface area contributed by atoms with E-state index in [2.05, 4.69) is 10.1 Å². The normalized spacial score (nSPS) is 20.2. The summed E-state index contributed by atoms with van der Waals surface area (Å²) in [6, 6.07) is 0. The second kappa shape index (κ2) is 7.09. The minimum Gasteiger partial charge on any atom is -0.409 e. The number of unbranched alkanes of at least 4 members (excludes halogenated alkanes) is 1. The van der Waals surface area contributed by atoms with Gasteiger partial charge in [0.1, 0.15) is 5.84 Å². The van der Waals surface area contributed by atoms with Crippen LogP contribution in [0.15, 0.2) is 5.16 Å². The summed E-state index contributed by atoms with van der Waals surface area (Å²) >= 11 is 0. The molecule has 106 valence electrons. The molecule has 0 amide bonds. The molecule has 0 atom stereocenters. The molecule has 1 fully saturated rings. The molecule has 0 unspecified atom stereocenters. The molecule has 1 aliphatic rings. The molecule has 0 spiro atoms. The zero-order valence-corrected chi connectivity index (χ0v) is 12.2. The Bertz CT molecular complexity index is 308. The highest BCUT2D eigenvalue weighted by atomic mass is 32.2. The number of amidine groups is 1. The number of rotatable bonds is 6. The third-order valence-corrected chi connectivity index (χ3v) is 4.87. The van der Waals surface area contributed by atoms with Crippen molar-refractivity contribution < 1.29 is 9.42 Å². The molecule has 0 aromatic rings. The van der Waals surface area contributed by atoms with E-state index in [4.69, 9.17) is 10.9 Å². The summed E-state index contributed by atoms with van der Waals surface area (Å²) in [5.74, 6) is 1.93. The van der Waals surface area contributed by atoms with E-state index >= 15 is 0 Å². The van der Waals surface area contributed by atoms with E-state index < -0.39 is 10.8 Å². The van der Waals surface area contributed by atoms with E-state index in [1.54, 1.807) is 0 Å². The van der Waals surface area contributed by atoms with Crippen molar-refractivity contribution in [1.29, 1.82) is 0 Å². The van der Waals surface area contributed by atoms with Crippen LogP contribution in [0.4, 0.5) is 0 Å². The van der Waals surface area contributed by atoms with Gasteiger partial charge in [-0.15, -0.1) is 0 Å². The van der Waals surface area contributed by atoms with Crippen molar-refractivity contribution in [3.05, 3.63) is 0 Å². The van der Waals surface area contributed by atoms with Crippen molar-refractivity contribution in [2.45, 2.75) is 33.1 Å². The van der Waals surface area contributed by atoms with Gasteiger partial charge < -0.3 is 15.8 Å². The van der Waals surface area contributed by atoms with Crippen molar-refractivity contribution in [1.82, 2.24) is 4.90 Å². The van der Waals surface area contributed by atoms with E-state index in [0.29, 0.717) is 5.84 Å². The summed E-state index contributed by atoms with van der Waals surface area (Å²) < 4.78 is 11.2. The molecule has 1 saturated heterocycles. The van der Waals surface area contributed by atoms with E-state index in [9.17, 15) is 4.21 Å². The maximum atomic E-state index is 11.2. The van der Waals surface area contributed by atoms with Gasteiger partial charge in [0, 0.05) is 40.8 Å². The lowest BCUT2D eigenvalue weighted by atomic mass is 9.86. The van der Waals surface area contributed by atoms with Gasteiger partial charge in [-0.3, -0.25) is 4.21 Å². The van der Waals surface area contributed by atoms with Gasteiger partial charge in [0.25, 0.3) is 0 Å². The standard InChI is InChI=1S/C12H25N3O2S/c1-12(2,11(13)14-16)5-3-4-6-15-7-9-18(17)10-8-15/h16H,3-10H2,1-2H3,(H2,13,14). The van der Waals surface area contributed by atoms with Gasteiger partial charge in [-0.2, -0.15) is 0 Å². The maximum absolute atomic E-state index is 11.2. The molecule has 5 nitrogen and oxygen atoms in total. The fourth-order valence-electron chi connectivity index (χ4n) is 2.07. The summed E-state index contributed by atoms with van der Waals surface area (Å²) in [6.45, 7) is 6.95. The molecule has 6 heteroatoms. The first-order chi connectivity index (χ1) is 8.45. The minimum absolute atomic E-state index is 0.238. The maximum Gasteiger partial charge on any atom is 0.144 e. The zero-order valence-electron chi connectivity index (χ0n) is 11.4. The molecule has 1 aliphatic heterocycles. The lowest BCUT2D eigenvalue weighted by molar-refractivity contribution is 0.282. The van der Waals surface area contributed by atoms with Crippen molar-refractivity contribution in [2.24, 2.45) is 16.3 Å². The largest absolute Gasteiger partial charge is 0.409 e. The average Bonchev–Trinajstić information content (AvgIpc) is 2.35. The van der Waals surface area contributed by atoms with Gasteiger partial charge in [0.15, 0.2) is 0 Å². The Balaban J connectivity index is 2.17. The van der Waals surface area contributed by atoms with Crippen LogP contribution in [0.2, 0.25) is 0 Å². The number of nitrogens with zero attached hydrogens (tertiary/aromatic N) is 2. The fraction of sp³-hybridized carbons (Fsp3) is 0.917. The quantitative estimate of drug-likeness (QED) is 0.249. The first-order valence-corrected chi connectivity index (χ1v) is 8.00. The summed E-state index contributed by atoms with van der Waals surface area (Å²) in [5, 5.41) is 11.8. The molecular weight excluding hydrogens is 250 g/mol. The van der Waals surface area contributed by atoms with Crippen LogP contribution in [0.1, 0.15) is 33.1 Å². The van der Waals surface area contributed by atoms with Gasteiger partial charge in [0.2, 0.25) is 0 Å². The summed E-state index contributed by atoms with van der Waals surface area (Å²) in [6.07, 6.45) is 3.08. The van der Waals surface area contributed by atoms with Gasteiger partial charge >= 0.3 is 0 Å². The Morgan fingerprint density at radius 2 is 2.00 bits per heavy atom. The SMILES string of the molecule is CC(C)(CCCCN1CCS(=O)CC1)C(N)=NO. The lowest BCUT2D eigenvalue weighted by Gasteiger charge is -2.27. The van der Waals surface area contributed by atoms with Crippen LogP contribution in [-0.2, 0) is 10.8 Å². The van der Waals surface area contributed by atoms with Crippen LogP contribution >= 0.6 is 0 Å². The highest BCUT2D eigenvalue weighted by molar-refractivity contribution is 7.85. The number of hydrogen-bond acceptors (Lipinski definition) is 4. The second-order valence-electron chi connectivity index (χ2n) is 5.52. The van der Waals surface area contributed by atoms with Crippen LogP contribution < -0.4 is 5.73 Å². The molecular formula is C12H25N3O2S. The highest BCUT2D eigenvalue weighted by Crippen LogP contribution is 2.23. The van der Waals surface area contributed by atoms with Crippen molar-refractivity contribution in [2.75, 3.05) is 31.1 Å². The van der Waals surface area contributed by atoms with Gasteiger partial charge in [-0.05, 0) is 19.4 Å². The monoisotopic (exact) mass is 275 g/mol.